The van der Waals surface area contributed by atoms with E-state index in [1.165, 1.54) is 53.8 Å². The second-order valence-corrected chi connectivity index (χ2v) is 21.1. The fourth-order valence-electron chi connectivity index (χ4n) is 10.4. The molecule has 0 N–H and O–H groups in total. The Morgan fingerprint density at radius 2 is 0.750 bits per heavy atom. The Balaban J connectivity index is 1.15. The summed E-state index contributed by atoms with van der Waals surface area (Å²) in [5.41, 5.74) is 12.1. The number of anilines is 6. The van der Waals surface area contributed by atoms with E-state index in [-0.39, 0.29) is 5.41 Å². The van der Waals surface area contributed by atoms with Gasteiger partial charge in [-0.1, -0.05) is 202 Å². The van der Waals surface area contributed by atoms with Gasteiger partial charge in [0.15, 0.2) is 8.07 Å². The van der Waals surface area contributed by atoms with Crippen molar-refractivity contribution in [3.63, 3.8) is 0 Å². The molecule has 0 atom stereocenters. The summed E-state index contributed by atoms with van der Waals surface area (Å²) in [4.78, 5) is 4.88. The Labute approximate surface area is 378 Å². The minimum atomic E-state index is -3.05. The molecule has 0 radical (unpaired) electrons. The van der Waals surface area contributed by atoms with Crippen molar-refractivity contribution in [2.75, 3.05) is 9.80 Å². The number of hydrogen-bond donors (Lipinski definition) is 0. The minimum absolute atomic E-state index is 0.0727. The maximum atomic E-state index is 2.48. The molecule has 0 saturated carbocycles. The molecule has 11 rings (SSSR count). The fraction of sp³-hybridized carbons (Fsp3) is 0.0492. The van der Waals surface area contributed by atoms with Gasteiger partial charge in [-0.2, -0.15) is 0 Å². The van der Waals surface area contributed by atoms with Crippen LogP contribution >= 0.6 is 0 Å². The van der Waals surface area contributed by atoms with E-state index >= 15 is 0 Å². The zero-order valence-corrected chi connectivity index (χ0v) is 37.1. The second kappa shape index (κ2) is 16.2. The monoisotopic (exact) mass is 836 g/mol. The highest BCUT2D eigenvalue weighted by molar-refractivity contribution is 7.20. The van der Waals surface area contributed by atoms with Crippen LogP contribution in [0.4, 0.5) is 34.1 Å². The molecule has 0 spiro atoms. The third-order valence-corrected chi connectivity index (χ3v) is 18.1. The van der Waals surface area contributed by atoms with Gasteiger partial charge in [0, 0.05) is 39.2 Å². The van der Waals surface area contributed by atoms with Crippen LogP contribution in [0.25, 0.3) is 21.9 Å². The number of fused-ring (bicyclic) bond motifs is 4. The van der Waals surface area contributed by atoms with E-state index in [4.69, 9.17) is 0 Å². The Bertz CT molecular complexity index is 3210. The predicted molar refractivity (Wildman–Crippen MR) is 274 cm³/mol. The fourth-order valence-corrected chi connectivity index (χ4v) is 15.2. The molecule has 306 valence electrons. The Kier molecular flexibility index (Phi) is 9.91. The lowest BCUT2D eigenvalue weighted by Gasteiger charge is -2.36. The molecule has 0 saturated heterocycles. The van der Waals surface area contributed by atoms with Gasteiger partial charge < -0.3 is 9.80 Å². The number of rotatable bonds is 10. The molecule has 0 aliphatic heterocycles. The first-order valence-electron chi connectivity index (χ1n) is 22.3. The first-order valence-corrected chi connectivity index (χ1v) is 24.3. The molecule has 0 amide bonds. The lowest BCUT2D eigenvalue weighted by Crippen LogP contribution is -2.74. The normalized spacial score (nSPS) is 12.7. The summed E-state index contributed by atoms with van der Waals surface area (Å²) >= 11 is 0. The van der Waals surface area contributed by atoms with E-state index in [1.54, 1.807) is 0 Å². The largest absolute Gasteiger partial charge is 0.310 e. The van der Waals surface area contributed by atoms with Crippen LogP contribution in [0.15, 0.2) is 255 Å². The van der Waals surface area contributed by atoms with Crippen LogP contribution in [0, 0.1) is 0 Å². The maximum Gasteiger partial charge on any atom is 0.179 e. The Hall–Kier alpha value is -7.72. The summed E-state index contributed by atoms with van der Waals surface area (Å²) in [6, 6.07) is 94.3. The van der Waals surface area contributed by atoms with Crippen molar-refractivity contribution in [2.45, 2.75) is 19.3 Å². The summed E-state index contributed by atoms with van der Waals surface area (Å²) < 4.78 is 0. The average Bonchev–Trinajstić information content (AvgIpc) is 3.59. The van der Waals surface area contributed by atoms with E-state index < -0.39 is 8.07 Å². The van der Waals surface area contributed by atoms with Crippen molar-refractivity contribution >= 4 is 73.7 Å². The number of nitrogens with zero attached hydrogens (tertiary/aromatic N) is 2. The third-order valence-electron chi connectivity index (χ3n) is 13.3. The highest BCUT2D eigenvalue weighted by Crippen LogP contribution is 2.50. The summed E-state index contributed by atoms with van der Waals surface area (Å²) in [6.45, 7) is 4.70. The van der Waals surface area contributed by atoms with E-state index in [9.17, 15) is 0 Å². The number of benzene rings is 10. The van der Waals surface area contributed by atoms with E-state index in [0.29, 0.717) is 0 Å². The van der Waals surface area contributed by atoms with Crippen LogP contribution in [-0.2, 0) is 5.41 Å². The van der Waals surface area contributed by atoms with Gasteiger partial charge in [-0.05, 0) is 115 Å². The van der Waals surface area contributed by atoms with Crippen molar-refractivity contribution in [3.8, 4) is 11.1 Å². The molecule has 0 unspecified atom stereocenters. The summed E-state index contributed by atoms with van der Waals surface area (Å²) in [6.07, 6.45) is 0. The van der Waals surface area contributed by atoms with Gasteiger partial charge in [-0.15, -0.1) is 0 Å². The number of para-hydroxylation sites is 2. The average molecular weight is 837 g/mol. The quantitative estimate of drug-likeness (QED) is 0.100. The van der Waals surface area contributed by atoms with Crippen LogP contribution in [0.2, 0.25) is 0 Å². The third kappa shape index (κ3) is 6.56. The molecule has 0 heterocycles. The molecule has 0 bridgehead atoms. The smallest absolute Gasteiger partial charge is 0.179 e. The lowest BCUT2D eigenvalue weighted by atomic mass is 9.82. The van der Waals surface area contributed by atoms with Crippen LogP contribution in [0.5, 0.6) is 0 Å². The maximum absolute atomic E-state index is 3.05. The van der Waals surface area contributed by atoms with Crippen LogP contribution < -0.4 is 30.5 Å². The molecular weight excluding hydrogens is 789 g/mol. The van der Waals surface area contributed by atoms with Gasteiger partial charge in [-0.3, -0.25) is 0 Å². The van der Waals surface area contributed by atoms with Gasteiger partial charge in [0.05, 0.1) is 5.69 Å². The van der Waals surface area contributed by atoms with E-state index in [1.807, 2.05) is 0 Å². The van der Waals surface area contributed by atoms with Gasteiger partial charge >= 0.3 is 0 Å². The summed E-state index contributed by atoms with van der Waals surface area (Å²) in [5.74, 6) is 0. The highest BCUT2D eigenvalue weighted by Gasteiger charge is 2.42. The molecule has 2 nitrogen and oxygen atoms in total. The topological polar surface area (TPSA) is 6.48 Å². The van der Waals surface area contributed by atoms with Gasteiger partial charge in [0.1, 0.15) is 0 Å². The van der Waals surface area contributed by atoms with Gasteiger partial charge in [0.25, 0.3) is 0 Å². The highest BCUT2D eigenvalue weighted by atomic mass is 28.3. The molecule has 64 heavy (non-hydrogen) atoms. The number of hydrogen-bond acceptors (Lipinski definition) is 2. The van der Waals surface area contributed by atoms with Crippen LogP contribution in [0.3, 0.4) is 0 Å². The Morgan fingerprint density at radius 1 is 0.312 bits per heavy atom. The SMILES string of the molecule is CC1(C)c2ccccc2-c2cc(N(c3ccccc3)c3cccc([Si](c4ccccc4)(c4ccccc4)c4cccc(N(c5ccccc5)c5cccc6ccccc56)c4)c3)ccc21. The van der Waals surface area contributed by atoms with E-state index in [2.05, 4.69) is 278 Å². The Morgan fingerprint density at radius 3 is 1.39 bits per heavy atom. The van der Waals surface area contributed by atoms with Crippen molar-refractivity contribution in [1.29, 1.82) is 0 Å². The summed E-state index contributed by atoms with van der Waals surface area (Å²) in [5, 5.41) is 7.70. The van der Waals surface area contributed by atoms with Crippen molar-refractivity contribution in [1.82, 2.24) is 0 Å². The first-order chi connectivity index (χ1) is 31.5. The second-order valence-electron chi connectivity index (χ2n) is 17.3. The van der Waals surface area contributed by atoms with Gasteiger partial charge in [-0.25, -0.2) is 0 Å². The minimum Gasteiger partial charge on any atom is -0.310 e. The molecule has 3 heteroatoms. The molecule has 0 aromatic heterocycles. The van der Waals surface area contributed by atoms with Gasteiger partial charge in [0.2, 0.25) is 0 Å². The molecule has 10 aromatic carbocycles. The molecular formula is C61H48N2Si. The first kappa shape index (κ1) is 39.1. The molecule has 0 fully saturated rings. The molecule has 1 aliphatic rings. The molecule has 1 aliphatic carbocycles. The van der Waals surface area contributed by atoms with Crippen molar-refractivity contribution in [2.24, 2.45) is 0 Å². The van der Waals surface area contributed by atoms with Crippen LogP contribution in [0.1, 0.15) is 25.0 Å². The molecule has 10 aromatic rings. The van der Waals surface area contributed by atoms with Crippen molar-refractivity contribution < 1.29 is 0 Å². The van der Waals surface area contributed by atoms with Crippen LogP contribution in [-0.4, -0.2) is 8.07 Å². The van der Waals surface area contributed by atoms with E-state index in [0.717, 1.165) is 34.1 Å². The zero-order chi connectivity index (χ0) is 43.1. The predicted octanol–water partition coefficient (Wildman–Crippen LogP) is 13.5. The van der Waals surface area contributed by atoms with Crippen molar-refractivity contribution in [3.05, 3.63) is 266 Å². The summed E-state index contributed by atoms with van der Waals surface area (Å²) in [7, 11) is -3.05. The standard InChI is InChI=1S/C61H48N2Si/c1-61(2)58-38-18-17-37-56(58)57-44-50(40-41-59(57)61)62(46-24-7-3-8-25-46)48-28-20-34-53(42-48)64(51-30-11-5-12-31-51,52-32-13-6-14-33-52)54-35-21-29-49(43-54)63(47-26-9-4-10-27-47)60-39-19-23-45-22-15-16-36-55(45)60/h3-44H,1-2H3. The zero-order valence-electron chi connectivity index (χ0n) is 36.1. The lowest BCUT2D eigenvalue weighted by molar-refractivity contribution is 0.660.